The van der Waals surface area contributed by atoms with Gasteiger partial charge in [-0.25, -0.2) is 4.79 Å². The van der Waals surface area contributed by atoms with Gasteiger partial charge in [0.05, 0.1) is 18.4 Å². The van der Waals surface area contributed by atoms with Crippen LogP contribution in [0.4, 0.5) is 10.1 Å². The van der Waals surface area contributed by atoms with E-state index in [0.29, 0.717) is 17.0 Å². The maximum Gasteiger partial charge on any atom is 0.337 e. The Kier molecular flexibility index (Phi) is 1.99. The summed E-state index contributed by atoms with van der Waals surface area (Å²) in [7, 11) is 1.29. The van der Waals surface area contributed by atoms with E-state index in [2.05, 4.69) is 10.1 Å². The van der Waals surface area contributed by atoms with Gasteiger partial charge in [0.15, 0.2) is 0 Å². The van der Waals surface area contributed by atoms with E-state index >= 15 is 0 Å². The first kappa shape index (κ1) is 8.80. The topological polar surface area (TPSA) is 47.6 Å². The Balaban J connectivity index is 2.33. The van der Waals surface area contributed by atoms with Crippen LogP contribution in [0, 0.1) is 0 Å². The number of alkyl halides is 1. The molecule has 4 nitrogen and oxygen atoms in total. The predicted octanol–water partition coefficient (Wildman–Crippen LogP) is 1.53. The Hall–Kier alpha value is -1.78. The van der Waals surface area contributed by atoms with Crippen LogP contribution in [0.25, 0.3) is 0 Å². The third-order valence-corrected chi connectivity index (χ3v) is 1.90. The first-order valence-corrected chi connectivity index (χ1v) is 4.00. The number of carbonyl (C=O) groups excluding carboxylic acids is 1. The Bertz CT molecular complexity index is 380. The second-order valence-electron chi connectivity index (χ2n) is 2.78. The molecule has 0 saturated carbocycles. The Morgan fingerprint density at radius 2 is 2.43 bits per heavy atom. The van der Waals surface area contributed by atoms with Crippen molar-refractivity contribution in [3.63, 3.8) is 0 Å². The number of nitrogens with one attached hydrogen (secondary N) is 1. The smallest absolute Gasteiger partial charge is 0.337 e. The van der Waals surface area contributed by atoms with Crippen LogP contribution in [-0.2, 0) is 4.74 Å². The van der Waals surface area contributed by atoms with E-state index in [1.807, 2.05) is 0 Å². The number of fused-ring (bicyclic) bond motifs is 1. The molecule has 0 aliphatic carbocycles. The molecule has 1 heterocycles. The summed E-state index contributed by atoms with van der Waals surface area (Å²) in [4.78, 5) is 11.1. The largest absolute Gasteiger partial charge is 0.465 e. The van der Waals surface area contributed by atoms with Crippen LogP contribution in [0.15, 0.2) is 18.2 Å². The van der Waals surface area contributed by atoms with Crippen molar-refractivity contribution in [3.05, 3.63) is 23.8 Å². The summed E-state index contributed by atoms with van der Waals surface area (Å²) in [5, 5.41) is 2.42. The van der Waals surface area contributed by atoms with Gasteiger partial charge in [-0.05, 0) is 18.2 Å². The van der Waals surface area contributed by atoms with Crippen LogP contribution in [0.5, 0.6) is 5.75 Å². The highest BCUT2D eigenvalue weighted by molar-refractivity contribution is 5.91. The maximum atomic E-state index is 12.7. The summed E-state index contributed by atoms with van der Waals surface area (Å²) in [5.41, 5.74) is 0.817. The minimum absolute atomic E-state index is 0.358. The second kappa shape index (κ2) is 3.17. The molecule has 0 aromatic heterocycles. The summed E-state index contributed by atoms with van der Waals surface area (Å²) in [6.45, 7) is -1.54. The van der Waals surface area contributed by atoms with Crippen LogP contribution < -0.4 is 10.1 Å². The number of hydrogen-bond acceptors (Lipinski definition) is 4. The van der Waals surface area contributed by atoms with Gasteiger partial charge in [-0.2, -0.15) is 4.39 Å². The average molecular weight is 197 g/mol. The van der Waals surface area contributed by atoms with Gasteiger partial charge in [0.2, 0.25) is 0 Å². The van der Waals surface area contributed by atoms with Crippen molar-refractivity contribution in [1.29, 1.82) is 0 Å². The van der Waals surface area contributed by atoms with Gasteiger partial charge >= 0.3 is 12.5 Å². The minimum atomic E-state index is -1.54. The zero-order valence-electron chi connectivity index (χ0n) is 7.41. The fraction of sp³-hybridized carbons (Fsp3) is 0.222. The van der Waals surface area contributed by atoms with Gasteiger partial charge in [-0.1, -0.05) is 0 Å². The number of carbonyl (C=O) groups is 1. The molecule has 1 aromatic carbocycles. The summed E-state index contributed by atoms with van der Waals surface area (Å²) >= 11 is 0. The molecule has 1 unspecified atom stereocenters. The summed E-state index contributed by atoms with van der Waals surface area (Å²) in [6, 6.07) is 4.53. The first-order valence-electron chi connectivity index (χ1n) is 4.00. The summed E-state index contributed by atoms with van der Waals surface area (Å²) in [5.74, 6) is -0.0675. The van der Waals surface area contributed by atoms with Crippen LogP contribution in [0.3, 0.4) is 0 Å². The average Bonchev–Trinajstić information content (AvgIpc) is 2.55. The van der Waals surface area contributed by atoms with Crippen molar-refractivity contribution in [2.45, 2.75) is 6.48 Å². The molecule has 1 N–H and O–H groups in total. The van der Waals surface area contributed by atoms with Gasteiger partial charge in [0, 0.05) is 0 Å². The van der Waals surface area contributed by atoms with Crippen molar-refractivity contribution < 1.29 is 18.7 Å². The number of ether oxygens (including phenoxy) is 2. The van der Waals surface area contributed by atoms with Crippen LogP contribution in [0.1, 0.15) is 10.4 Å². The highest BCUT2D eigenvalue weighted by Crippen LogP contribution is 2.32. The lowest BCUT2D eigenvalue weighted by Gasteiger charge is -2.00. The number of anilines is 1. The monoisotopic (exact) mass is 197 g/mol. The molecule has 0 spiro atoms. The lowest BCUT2D eigenvalue weighted by atomic mass is 10.2. The van der Waals surface area contributed by atoms with Gasteiger partial charge < -0.3 is 14.8 Å². The normalized spacial score (nSPS) is 18.0. The molecular weight excluding hydrogens is 189 g/mol. The highest BCUT2D eigenvalue weighted by atomic mass is 19.1. The molecule has 74 valence electrons. The number of rotatable bonds is 1. The van der Waals surface area contributed by atoms with Crippen molar-refractivity contribution in [2.24, 2.45) is 0 Å². The van der Waals surface area contributed by atoms with E-state index in [4.69, 9.17) is 4.74 Å². The molecule has 1 aliphatic rings. The van der Waals surface area contributed by atoms with Crippen molar-refractivity contribution >= 4 is 11.7 Å². The molecule has 0 amide bonds. The molecule has 0 saturated heterocycles. The molecule has 0 fully saturated rings. The Morgan fingerprint density at radius 1 is 1.64 bits per heavy atom. The molecule has 14 heavy (non-hydrogen) atoms. The van der Waals surface area contributed by atoms with Crippen LogP contribution >= 0.6 is 0 Å². The molecule has 0 bridgehead atoms. The predicted molar refractivity (Wildman–Crippen MR) is 46.9 cm³/mol. The van der Waals surface area contributed by atoms with Gasteiger partial charge in [0.25, 0.3) is 0 Å². The number of hydrogen-bond donors (Lipinski definition) is 1. The third kappa shape index (κ3) is 1.37. The lowest BCUT2D eigenvalue weighted by molar-refractivity contribution is 0.0601. The Labute approximate surface area is 79.6 Å². The highest BCUT2D eigenvalue weighted by Gasteiger charge is 2.21. The summed E-state index contributed by atoms with van der Waals surface area (Å²) < 4.78 is 21.9. The molecule has 0 radical (unpaired) electrons. The number of halogens is 1. The SMILES string of the molecule is COC(=O)c1ccc2c(c1)NC(F)O2. The molecule has 1 atom stereocenters. The summed E-state index contributed by atoms with van der Waals surface area (Å²) in [6.07, 6.45) is 0. The lowest BCUT2D eigenvalue weighted by Crippen LogP contribution is -2.12. The van der Waals surface area contributed by atoms with E-state index in [9.17, 15) is 9.18 Å². The van der Waals surface area contributed by atoms with E-state index in [1.54, 1.807) is 0 Å². The molecule has 1 aliphatic heterocycles. The van der Waals surface area contributed by atoms with E-state index < -0.39 is 12.5 Å². The molecule has 2 rings (SSSR count). The zero-order valence-corrected chi connectivity index (χ0v) is 7.41. The van der Waals surface area contributed by atoms with E-state index in [1.165, 1.54) is 25.3 Å². The maximum absolute atomic E-state index is 12.7. The first-order chi connectivity index (χ1) is 6.70. The molecule has 5 heteroatoms. The molecular formula is C9H8FNO3. The number of benzene rings is 1. The van der Waals surface area contributed by atoms with E-state index in [-0.39, 0.29) is 0 Å². The number of esters is 1. The van der Waals surface area contributed by atoms with Gasteiger partial charge in [-0.3, -0.25) is 0 Å². The molecule has 1 aromatic rings. The van der Waals surface area contributed by atoms with Gasteiger partial charge in [-0.15, -0.1) is 0 Å². The fourth-order valence-electron chi connectivity index (χ4n) is 1.25. The van der Waals surface area contributed by atoms with E-state index in [0.717, 1.165) is 0 Å². The van der Waals surface area contributed by atoms with Crippen molar-refractivity contribution in [3.8, 4) is 5.75 Å². The van der Waals surface area contributed by atoms with Crippen molar-refractivity contribution in [1.82, 2.24) is 0 Å². The second-order valence-corrected chi connectivity index (χ2v) is 2.78. The van der Waals surface area contributed by atoms with Crippen LogP contribution in [0.2, 0.25) is 0 Å². The van der Waals surface area contributed by atoms with Crippen molar-refractivity contribution in [2.75, 3.05) is 12.4 Å². The standard InChI is InChI=1S/C9H8FNO3/c1-13-8(12)5-2-3-7-6(4-5)11-9(10)14-7/h2-4,9,11H,1H3. The third-order valence-electron chi connectivity index (χ3n) is 1.90. The quantitative estimate of drug-likeness (QED) is 0.547. The minimum Gasteiger partial charge on any atom is -0.465 e. The fourth-order valence-corrected chi connectivity index (χ4v) is 1.25. The van der Waals surface area contributed by atoms with Gasteiger partial charge in [0.1, 0.15) is 5.75 Å². The van der Waals surface area contributed by atoms with Crippen LogP contribution in [-0.4, -0.2) is 19.6 Å². The zero-order chi connectivity index (χ0) is 10.1. The Morgan fingerprint density at radius 3 is 3.14 bits per heavy atom. The number of methoxy groups -OCH3 is 1.